The van der Waals surface area contributed by atoms with Gasteiger partial charge >= 0.3 is 0 Å². The van der Waals surface area contributed by atoms with E-state index in [1.807, 2.05) is 51.4 Å². The molecule has 1 aromatic carbocycles. The molecular weight excluding hydrogens is 314 g/mol. The summed E-state index contributed by atoms with van der Waals surface area (Å²) in [6.45, 7) is 3.93. The molecular formula is C19H21N5O. The molecule has 25 heavy (non-hydrogen) atoms. The summed E-state index contributed by atoms with van der Waals surface area (Å²) in [6, 6.07) is 8.20. The molecule has 1 fully saturated rings. The van der Waals surface area contributed by atoms with Gasteiger partial charge in [0.05, 0.1) is 6.20 Å². The fourth-order valence-corrected chi connectivity index (χ4v) is 3.04. The first-order chi connectivity index (χ1) is 12.1. The molecule has 128 valence electrons. The molecule has 6 heteroatoms. The second-order valence-electron chi connectivity index (χ2n) is 6.60. The van der Waals surface area contributed by atoms with Crippen molar-refractivity contribution in [1.29, 1.82) is 0 Å². The Hall–Kier alpha value is -2.89. The number of anilines is 1. The maximum Gasteiger partial charge on any atom is 0.251 e. The van der Waals surface area contributed by atoms with Crippen LogP contribution in [0.4, 0.5) is 5.82 Å². The molecule has 0 bridgehead atoms. The second-order valence-corrected chi connectivity index (χ2v) is 6.60. The fourth-order valence-electron chi connectivity index (χ4n) is 3.04. The highest BCUT2D eigenvalue weighted by atomic mass is 16.1. The molecule has 0 spiro atoms. The van der Waals surface area contributed by atoms with Crippen LogP contribution in [0, 0.1) is 13.8 Å². The summed E-state index contributed by atoms with van der Waals surface area (Å²) in [4.78, 5) is 16.9. The number of nitrogens with zero attached hydrogens (tertiary/aromatic N) is 3. The Labute approximate surface area is 146 Å². The minimum atomic E-state index is 0.0119. The van der Waals surface area contributed by atoms with Gasteiger partial charge in [0, 0.05) is 36.0 Å². The molecule has 6 nitrogen and oxygen atoms in total. The summed E-state index contributed by atoms with van der Waals surface area (Å²) in [5, 5.41) is 10.6. The number of hydrogen-bond acceptors (Lipinski definition) is 4. The van der Waals surface area contributed by atoms with Gasteiger partial charge in [-0.2, -0.15) is 9.61 Å². The van der Waals surface area contributed by atoms with Gasteiger partial charge in [0.15, 0.2) is 5.65 Å². The van der Waals surface area contributed by atoms with Gasteiger partial charge < -0.3 is 10.6 Å². The summed E-state index contributed by atoms with van der Waals surface area (Å²) in [5.41, 5.74) is 5.38. The molecule has 0 atom stereocenters. The van der Waals surface area contributed by atoms with E-state index in [1.54, 1.807) is 4.52 Å². The minimum Gasteiger partial charge on any atom is -0.373 e. The maximum absolute atomic E-state index is 12.3. The van der Waals surface area contributed by atoms with E-state index in [0.29, 0.717) is 6.04 Å². The summed E-state index contributed by atoms with van der Waals surface area (Å²) in [6.07, 6.45) is 4.00. The van der Waals surface area contributed by atoms with Crippen molar-refractivity contribution in [2.75, 3.05) is 12.4 Å². The summed E-state index contributed by atoms with van der Waals surface area (Å²) >= 11 is 0. The van der Waals surface area contributed by atoms with Gasteiger partial charge in [0.2, 0.25) is 0 Å². The molecule has 2 heterocycles. The van der Waals surface area contributed by atoms with Crippen molar-refractivity contribution < 1.29 is 4.79 Å². The topological polar surface area (TPSA) is 71.3 Å². The fraction of sp³-hybridized carbons (Fsp3) is 0.316. The van der Waals surface area contributed by atoms with E-state index in [9.17, 15) is 4.79 Å². The van der Waals surface area contributed by atoms with Crippen molar-refractivity contribution >= 4 is 17.4 Å². The number of amides is 1. The van der Waals surface area contributed by atoms with Crippen LogP contribution in [-0.4, -0.2) is 33.6 Å². The number of aromatic nitrogens is 3. The Kier molecular flexibility index (Phi) is 3.67. The molecule has 0 radical (unpaired) electrons. The third-order valence-corrected chi connectivity index (χ3v) is 4.55. The molecule has 0 aliphatic heterocycles. The van der Waals surface area contributed by atoms with E-state index in [4.69, 9.17) is 0 Å². The molecule has 2 N–H and O–H groups in total. The highest BCUT2D eigenvalue weighted by Crippen LogP contribution is 2.28. The molecule has 2 aromatic heterocycles. The smallest absolute Gasteiger partial charge is 0.251 e. The van der Waals surface area contributed by atoms with Crippen LogP contribution < -0.4 is 10.6 Å². The Morgan fingerprint density at radius 2 is 2.04 bits per heavy atom. The average molecular weight is 335 g/mol. The molecule has 1 saturated carbocycles. The van der Waals surface area contributed by atoms with Crippen molar-refractivity contribution in [1.82, 2.24) is 19.9 Å². The number of carbonyl (C=O) groups is 1. The average Bonchev–Trinajstić information content (AvgIpc) is 3.30. The van der Waals surface area contributed by atoms with E-state index in [0.717, 1.165) is 52.3 Å². The standard InChI is InChI=1S/C19H21N5O/c1-11-8-13(4-7-15(11)19(25)23-14-5-6-14)16-10-21-24-17(20-3)9-12(2)22-18(16)24/h4,7-10,14,20H,5-6H2,1-3H3,(H,23,25). The zero-order valence-corrected chi connectivity index (χ0v) is 14.6. The van der Waals surface area contributed by atoms with Crippen LogP contribution in [-0.2, 0) is 0 Å². The van der Waals surface area contributed by atoms with Gasteiger partial charge in [-0.15, -0.1) is 0 Å². The first-order valence-electron chi connectivity index (χ1n) is 8.52. The van der Waals surface area contributed by atoms with E-state index in [1.165, 1.54) is 0 Å². The lowest BCUT2D eigenvalue weighted by atomic mass is 10.0. The van der Waals surface area contributed by atoms with E-state index in [-0.39, 0.29) is 5.91 Å². The van der Waals surface area contributed by atoms with Gasteiger partial charge in [-0.3, -0.25) is 4.79 Å². The van der Waals surface area contributed by atoms with Crippen LogP contribution in [0.25, 0.3) is 16.8 Å². The monoisotopic (exact) mass is 335 g/mol. The number of fused-ring (bicyclic) bond motifs is 1. The lowest BCUT2D eigenvalue weighted by Crippen LogP contribution is -2.26. The van der Waals surface area contributed by atoms with Crippen LogP contribution in [0.3, 0.4) is 0 Å². The quantitative estimate of drug-likeness (QED) is 0.769. The zero-order valence-electron chi connectivity index (χ0n) is 14.6. The molecule has 3 aromatic rings. The lowest BCUT2D eigenvalue weighted by Gasteiger charge is -2.09. The SMILES string of the molecule is CNc1cc(C)nc2c(-c3ccc(C(=O)NC4CC4)c(C)c3)cnn12. The number of aryl methyl sites for hydroxylation is 2. The van der Waals surface area contributed by atoms with Crippen molar-refractivity contribution in [3.05, 3.63) is 47.3 Å². The molecule has 4 rings (SSSR count). The largest absolute Gasteiger partial charge is 0.373 e. The molecule has 1 amide bonds. The number of nitrogens with one attached hydrogen (secondary N) is 2. The number of hydrogen-bond donors (Lipinski definition) is 2. The molecule has 1 aliphatic rings. The zero-order chi connectivity index (χ0) is 17.6. The Morgan fingerprint density at radius 3 is 2.72 bits per heavy atom. The molecule has 0 unspecified atom stereocenters. The first-order valence-corrected chi connectivity index (χ1v) is 8.52. The van der Waals surface area contributed by atoms with Crippen LogP contribution in [0.15, 0.2) is 30.5 Å². The Morgan fingerprint density at radius 1 is 1.24 bits per heavy atom. The normalized spacial score (nSPS) is 13.9. The van der Waals surface area contributed by atoms with Gasteiger partial charge in [-0.1, -0.05) is 12.1 Å². The predicted octanol–water partition coefficient (Wildman–Crippen LogP) is 2.95. The van der Waals surface area contributed by atoms with Gasteiger partial charge in [0.25, 0.3) is 5.91 Å². The summed E-state index contributed by atoms with van der Waals surface area (Å²) in [7, 11) is 1.87. The highest BCUT2D eigenvalue weighted by Gasteiger charge is 2.24. The van der Waals surface area contributed by atoms with Crippen LogP contribution >= 0.6 is 0 Å². The van der Waals surface area contributed by atoms with Gasteiger partial charge in [-0.25, -0.2) is 4.98 Å². The van der Waals surface area contributed by atoms with Crippen LogP contribution in [0.1, 0.15) is 34.5 Å². The number of benzene rings is 1. The lowest BCUT2D eigenvalue weighted by molar-refractivity contribution is 0.0950. The Balaban J connectivity index is 1.75. The van der Waals surface area contributed by atoms with E-state index >= 15 is 0 Å². The predicted molar refractivity (Wildman–Crippen MR) is 97.9 cm³/mol. The van der Waals surface area contributed by atoms with Gasteiger partial charge in [-0.05, 0) is 43.9 Å². The van der Waals surface area contributed by atoms with Crippen molar-refractivity contribution in [3.8, 4) is 11.1 Å². The van der Waals surface area contributed by atoms with Crippen LogP contribution in [0.5, 0.6) is 0 Å². The number of rotatable bonds is 4. The third-order valence-electron chi connectivity index (χ3n) is 4.55. The van der Waals surface area contributed by atoms with Crippen molar-refractivity contribution in [3.63, 3.8) is 0 Å². The van der Waals surface area contributed by atoms with Crippen molar-refractivity contribution in [2.45, 2.75) is 32.7 Å². The van der Waals surface area contributed by atoms with Gasteiger partial charge in [0.1, 0.15) is 5.82 Å². The third kappa shape index (κ3) is 2.84. The summed E-state index contributed by atoms with van der Waals surface area (Å²) in [5.74, 6) is 0.906. The minimum absolute atomic E-state index is 0.0119. The maximum atomic E-state index is 12.3. The molecule has 0 saturated heterocycles. The first kappa shape index (κ1) is 15.6. The van der Waals surface area contributed by atoms with Crippen molar-refractivity contribution in [2.24, 2.45) is 0 Å². The highest BCUT2D eigenvalue weighted by molar-refractivity contribution is 5.97. The summed E-state index contributed by atoms with van der Waals surface area (Å²) < 4.78 is 1.80. The molecule has 1 aliphatic carbocycles. The van der Waals surface area contributed by atoms with Crippen LogP contribution in [0.2, 0.25) is 0 Å². The van der Waals surface area contributed by atoms with E-state index in [2.05, 4.69) is 20.7 Å². The Bertz CT molecular complexity index is 971. The van der Waals surface area contributed by atoms with E-state index < -0.39 is 0 Å². The number of carbonyl (C=O) groups excluding carboxylic acids is 1. The second kappa shape index (κ2) is 5.88.